The average Bonchev–Trinajstić information content (AvgIpc) is 2.78. The Morgan fingerprint density at radius 2 is 1.97 bits per heavy atom. The van der Waals surface area contributed by atoms with E-state index in [0.29, 0.717) is 28.9 Å². The molecule has 3 N–H and O–H groups in total. The van der Waals surface area contributed by atoms with Gasteiger partial charge in [-0.25, -0.2) is 0 Å². The zero-order chi connectivity index (χ0) is 22.4. The number of nitrogen functional groups attached to an aromatic ring is 1. The van der Waals surface area contributed by atoms with Crippen LogP contribution in [0.25, 0.3) is 0 Å². The molecular weight excluding hydrogens is 392 g/mol. The fraction of sp³-hybridized carbons (Fsp3) is 0.458. The summed E-state index contributed by atoms with van der Waals surface area (Å²) < 4.78 is 7.00. The van der Waals surface area contributed by atoms with Crippen molar-refractivity contribution in [3.8, 4) is 5.75 Å². The number of ether oxygens (including phenoxy) is 1. The number of amides is 1. The van der Waals surface area contributed by atoms with E-state index in [0.717, 1.165) is 24.1 Å². The molecule has 1 aliphatic rings. The zero-order valence-electron chi connectivity index (χ0n) is 18.9. The smallest absolute Gasteiger partial charge is 0.325 e. The first kappa shape index (κ1) is 22.6. The molecule has 0 radical (unpaired) electrons. The van der Waals surface area contributed by atoms with Crippen molar-refractivity contribution in [2.75, 3.05) is 25.3 Å². The molecular formula is C24H33N4O3+. The van der Waals surface area contributed by atoms with E-state index in [9.17, 15) is 4.79 Å². The number of hydrogen-bond donors (Lipinski definition) is 2. The van der Waals surface area contributed by atoms with Crippen molar-refractivity contribution in [3.63, 3.8) is 0 Å². The number of aromatic nitrogens is 1. The number of pyridine rings is 1. The van der Waals surface area contributed by atoms with E-state index in [1.54, 1.807) is 31.1 Å². The molecule has 0 saturated heterocycles. The fourth-order valence-electron chi connectivity index (χ4n) is 3.90. The van der Waals surface area contributed by atoms with Crippen molar-refractivity contribution in [1.82, 2.24) is 0 Å². The van der Waals surface area contributed by atoms with Gasteiger partial charge < -0.3 is 15.8 Å². The van der Waals surface area contributed by atoms with Gasteiger partial charge in [0.05, 0.1) is 12.8 Å². The van der Waals surface area contributed by atoms with Crippen LogP contribution in [-0.4, -0.2) is 32.4 Å². The number of aliphatic imine (C=N–C) groups is 1. The number of benzene rings is 1. The Hall–Kier alpha value is -3.09. The van der Waals surface area contributed by atoms with Gasteiger partial charge in [-0.3, -0.25) is 14.6 Å². The second-order valence-corrected chi connectivity index (χ2v) is 8.17. The lowest BCUT2D eigenvalue weighted by Gasteiger charge is -2.17. The van der Waals surface area contributed by atoms with Crippen LogP contribution in [0.15, 0.2) is 35.3 Å². The molecule has 7 heteroatoms. The van der Waals surface area contributed by atoms with Crippen LogP contribution in [0.1, 0.15) is 73.6 Å². The summed E-state index contributed by atoms with van der Waals surface area (Å²) in [6.45, 7) is 4.10. The van der Waals surface area contributed by atoms with Gasteiger partial charge in [-0.05, 0) is 25.0 Å². The van der Waals surface area contributed by atoms with Crippen LogP contribution in [0.3, 0.4) is 0 Å². The molecule has 1 aromatic heterocycles. The summed E-state index contributed by atoms with van der Waals surface area (Å²) in [5.74, 6) is 0.383. The number of carbonyl (C=O) groups is 1. The number of carbonyl (C=O) groups excluding carboxylic acids is 1. The van der Waals surface area contributed by atoms with E-state index in [1.807, 2.05) is 38.3 Å². The topological polar surface area (TPSA) is 89.8 Å². The first-order valence-corrected chi connectivity index (χ1v) is 10.9. The van der Waals surface area contributed by atoms with Crippen LogP contribution in [0.4, 0.5) is 11.4 Å². The Bertz CT molecular complexity index is 950. The first-order valence-electron chi connectivity index (χ1n) is 10.9. The van der Waals surface area contributed by atoms with E-state index >= 15 is 0 Å². The predicted molar refractivity (Wildman–Crippen MR) is 123 cm³/mol. The third-order valence-corrected chi connectivity index (χ3v) is 5.63. The minimum Gasteiger partial charge on any atom is -0.494 e. The first-order chi connectivity index (χ1) is 14.9. The molecule has 1 amide bonds. The molecule has 166 valence electrons. The Balaban J connectivity index is 1.89. The lowest BCUT2D eigenvalue weighted by Crippen LogP contribution is -2.51. The van der Waals surface area contributed by atoms with Crippen molar-refractivity contribution in [3.05, 3.63) is 47.3 Å². The summed E-state index contributed by atoms with van der Waals surface area (Å²) >= 11 is 0. The molecule has 1 aromatic carbocycles. The van der Waals surface area contributed by atoms with E-state index in [2.05, 4.69) is 5.32 Å². The number of rotatable bonds is 7. The molecule has 1 aliphatic carbocycles. The maximum absolute atomic E-state index is 13.1. The van der Waals surface area contributed by atoms with Gasteiger partial charge in [0.2, 0.25) is 5.69 Å². The van der Waals surface area contributed by atoms with Crippen molar-refractivity contribution in [2.24, 2.45) is 4.99 Å². The number of nitrogens with one attached hydrogen (secondary N) is 1. The summed E-state index contributed by atoms with van der Waals surface area (Å²) in [5, 5.41) is 2.94. The minimum absolute atomic E-state index is 0.196. The van der Waals surface area contributed by atoms with Gasteiger partial charge in [0, 0.05) is 52.4 Å². The fourth-order valence-corrected chi connectivity index (χ4v) is 3.90. The summed E-state index contributed by atoms with van der Waals surface area (Å²) in [7, 11) is 3.10. The van der Waals surface area contributed by atoms with Crippen LogP contribution in [-0.2, 0) is 0 Å². The van der Waals surface area contributed by atoms with Crippen LogP contribution < -0.4 is 25.4 Å². The predicted octanol–water partition coefficient (Wildman–Crippen LogP) is 3.75. The highest BCUT2D eigenvalue weighted by Crippen LogP contribution is 2.30. The number of nitrogens with zero attached hydrogens (tertiary/aromatic N) is 2. The van der Waals surface area contributed by atoms with E-state index in [1.165, 1.54) is 19.3 Å². The molecule has 0 atom stereocenters. The van der Waals surface area contributed by atoms with Gasteiger partial charge in [-0.2, -0.15) is 0 Å². The molecule has 7 nitrogen and oxygen atoms in total. The molecule has 0 aliphatic heterocycles. The highest BCUT2D eigenvalue weighted by atomic mass is 16.6. The minimum atomic E-state index is -0.303. The van der Waals surface area contributed by atoms with Gasteiger partial charge in [0.15, 0.2) is 0 Å². The van der Waals surface area contributed by atoms with E-state index in [4.69, 9.17) is 20.3 Å². The van der Waals surface area contributed by atoms with E-state index in [-0.39, 0.29) is 11.8 Å². The number of hydrogen-bond acceptors (Lipinski definition) is 5. The molecule has 1 heterocycles. The van der Waals surface area contributed by atoms with Crippen molar-refractivity contribution in [1.29, 1.82) is 0 Å². The van der Waals surface area contributed by atoms with Gasteiger partial charge in [0.1, 0.15) is 12.9 Å². The molecule has 31 heavy (non-hydrogen) atoms. The van der Waals surface area contributed by atoms with Gasteiger partial charge in [-0.1, -0.05) is 33.1 Å². The number of anilines is 2. The molecule has 2 aromatic rings. The lowest BCUT2D eigenvalue weighted by molar-refractivity contribution is -0.892. The van der Waals surface area contributed by atoms with Gasteiger partial charge >= 0.3 is 11.6 Å². The highest BCUT2D eigenvalue weighted by Gasteiger charge is 2.27. The summed E-state index contributed by atoms with van der Waals surface area (Å²) in [6.07, 6.45) is 7.76. The third kappa shape index (κ3) is 5.34. The molecule has 1 saturated carbocycles. The maximum atomic E-state index is 13.1. The standard InChI is InChI=1S/C24H32N4O3/c1-16(2)21-11-8-12-22(28(21)31-4)24(29)27-20-13-17(19(25)14-23(20)30-3)15-26-18-9-6-5-7-10-18/h8,11-16,18,25,29H,5-7,9-10H2,1-4H3/p+1. The Labute approximate surface area is 184 Å². The molecule has 0 spiro atoms. The monoisotopic (exact) mass is 425 g/mol. The van der Waals surface area contributed by atoms with Crippen LogP contribution in [0.2, 0.25) is 0 Å². The molecule has 0 unspecified atom stereocenters. The SMILES string of the molecule is COc1cc(N)c(C=NC2CCCCC2)cc1NC(=O)c1cccc(C(C)C)[n+]1OC. The second-order valence-electron chi connectivity index (χ2n) is 8.17. The van der Waals surface area contributed by atoms with Gasteiger partial charge in [-0.15, -0.1) is 0 Å². The normalized spacial score (nSPS) is 14.7. The van der Waals surface area contributed by atoms with Crippen LogP contribution >= 0.6 is 0 Å². The summed E-state index contributed by atoms with van der Waals surface area (Å²) in [4.78, 5) is 23.3. The second kappa shape index (κ2) is 10.3. The van der Waals surface area contributed by atoms with Gasteiger partial charge in [0.25, 0.3) is 0 Å². The molecule has 3 rings (SSSR count). The maximum Gasteiger partial charge on any atom is 0.325 e. The lowest BCUT2D eigenvalue weighted by atomic mass is 9.96. The van der Waals surface area contributed by atoms with Crippen molar-refractivity contribution < 1.29 is 19.1 Å². The quantitative estimate of drug-likeness (QED) is 0.402. The van der Waals surface area contributed by atoms with E-state index < -0.39 is 0 Å². The number of methoxy groups -OCH3 is 1. The zero-order valence-corrected chi connectivity index (χ0v) is 18.9. The van der Waals surface area contributed by atoms with Crippen LogP contribution in [0.5, 0.6) is 5.75 Å². The number of nitrogens with two attached hydrogens (primary N) is 1. The highest BCUT2D eigenvalue weighted by molar-refractivity contribution is 6.04. The molecule has 1 fully saturated rings. The summed E-state index contributed by atoms with van der Waals surface area (Å²) in [6, 6.07) is 9.37. The van der Waals surface area contributed by atoms with Crippen molar-refractivity contribution in [2.45, 2.75) is 57.9 Å². The Kier molecular flexibility index (Phi) is 7.50. The third-order valence-electron chi connectivity index (χ3n) is 5.63. The summed E-state index contributed by atoms with van der Waals surface area (Å²) in [5.41, 5.74) is 9.36. The Morgan fingerprint density at radius 1 is 1.23 bits per heavy atom. The molecule has 0 bridgehead atoms. The van der Waals surface area contributed by atoms with Crippen molar-refractivity contribution >= 4 is 23.5 Å². The van der Waals surface area contributed by atoms with Crippen LogP contribution in [0, 0.1) is 0 Å². The largest absolute Gasteiger partial charge is 0.494 e. The Morgan fingerprint density at radius 3 is 2.61 bits per heavy atom. The average molecular weight is 426 g/mol.